The number of benzene rings is 2. The van der Waals surface area contributed by atoms with Crippen LogP contribution in [0.1, 0.15) is 5.56 Å². The molecule has 0 aliphatic carbocycles. The summed E-state index contributed by atoms with van der Waals surface area (Å²) in [5.74, 6) is -0.312. The molecule has 0 amide bonds. The van der Waals surface area contributed by atoms with Gasteiger partial charge in [0.25, 0.3) is 0 Å². The number of hydrogen-bond donors (Lipinski definition) is 0. The summed E-state index contributed by atoms with van der Waals surface area (Å²) in [5, 5.41) is 11.2. The van der Waals surface area contributed by atoms with Gasteiger partial charge in [-0.15, -0.1) is 0 Å². The monoisotopic (exact) mass is 359 g/mol. The summed E-state index contributed by atoms with van der Waals surface area (Å²) >= 11 is 9.00. The van der Waals surface area contributed by atoms with Crippen LogP contribution in [0.2, 0.25) is 5.02 Å². The van der Waals surface area contributed by atoms with Crippen molar-refractivity contribution in [2.45, 2.75) is 6.61 Å². The normalized spacial score (nSPS) is 10.3. The molecule has 0 heterocycles. The SMILES string of the molecule is O=[N+]([O-])c1ccc(Cl)cc1OCc1ccc(F)cc1Br. The summed E-state index contributed by atoms with van der Waals surface area (Å²) in [6, 6.07) is 8.19. The Morgan fingerprint density at radius 3 is 2.70 bits per heavy atom. The molecule has 2 rings (SSSR count). The molecule has 2 aromatic carbocycles. The Bertz CT molecular complexity index is 666. The minimum atomic E-state index is -0.550. The second-order valence-electron chi connectivity index (χ2n) is 3.89. The number of hydrogen-bond acceptors (Lipinski definition) is 3. The van der Waals surface area contributed by atoms with E-state index in [1.54, 1.807) is 0 Å². The highest BCUT2D eigenvalue weighted by Gasteiger charge is 2.15. The van der Waals surface area contributed by atoms with E-state index in [1.165, 1.54) is 36.4 Å². The molecule has 0 aromatic heterocycles. The van der Waals surface area contributed by atoms with E-state index in [0.717, 1.165) is 0 Å². The third kappa shape index (κ3) is 3.46. The summed E-state index contributed by atoms with van der Waals surface area (Å²) in [5.41, 5.74) is 0.494. The van der Waals surface area contributed by atoms with E-state index in [-0.39, 0.29) is 23.9 Å². The Morgan fingerprint density at radius 2 is 2.05 bits per heavy atom. The van der Waals surface area contributed by atoms with Crippen LogP contribution in [0.3, 0.4) is 0 Å². The Labute approximate surface area is 127 Å². The molecule has 0 saturated carbocycles. The van der Waals surface area contributed by atoms with Gasteiger partial charge in [-0.05, 0) is 18.2 Å². The number of nitro groups is 1. The van der Waals surface area contributed by atoms with Crippen molar-refractivity contribution >= 4 is 33.2 Å². The van der Waals surface area contributed by atoms with Crippen LogP contribution in [-0.4, -0.2) is 4.92 Å². The van der Waals surface area contributed by atoms with Gasteiger partial charge in [-0.3, -0.25) is 10.1 Å². The molecule has 0 fully saturated rings. The maximum absolute atomic E-state index is 13.0. The van der Waals surface area contributed by atoms with Gasteiger partial charge in [0.1, 0.15) is 12.4 Å². The molecule has 20 heavy (non-hydrogen) atoms. The van der Waals surface area contributed by atoms with Gasteiger partial charge in [0, 0.05) is 27.2 Å². The molecule has 7 heteroatoms. The Morgan fingerprint density at radius 1 is 1.30 bits per heavy atom. The molecule has 0 bridgehead atoms. The van der Waals surface area contributed by atoms with Crippen molar-refractivity contribution in [3.8, 4) is 5.75 Å². The minimum absolute atomic E-state index is 0.0576. The van der Waals surface area contributed by atoms with Crippen LogP contribution in [0.15, 0.2) is 40.9 Å². The first-order valence-electron chi connectivity index (χ1n) is 5.48. The molecule has 0 aliphatic rings. The molecule has 0 aliphatic heterocycles. The zero-order chi connectivity index (χ0) is 14.7. The number of ether oxygens (including phenoxy) is 1. The van der Waals surface area contributed by atoms with Gasteiger partial charge in [-0.2, -0.15) is 0 Å². The topological polar surface area (TPSA) is 52.4 Å². The summed E-state index contributed by atoms with van der Waals surface area (Å²) in [6.07, 6.45) is 0. The van der Waals surface area contributed by atoms with Crippen molar-refractivity contribution in [2.24, 2.45) is 0 Å². The van der Waals surface area contributed by atoms with Crippen molar-refractivity contribution in [3.63, 3.8) is 0 Å². The average molecular weight is 361 g/mol. The van der Waals surface area contributed by atoms with E-state index in [2.05, 4.69) is 15.9 Å². The molecular formula is C13H8BrClFNO3. The molecule has 0 unspecified atom stereocenters. The van der Waals surface area contributed by atoms with Gasteiger partial charge in [0.05, 0.1) is 4.92 Å². The molecule has 0 spiro atoms. The lowest BCUT2D eigenvalue weighted by Gasteiger charge is -2.08. The van der Waals surface area contributed by atoms with Crippen molar-refractivity contribution in [3.05, 3.63) is 67.4 Å². The number of nitro benzene ring substituents is 1. The first kappa shape index (κ1) is 14.7. The maximum Gasteiger partial charge on any atom is 0.311 e. The molecule has 2 aromatic rings. The molecule has 104 valence electrons. The van der Waals surface area contributed by atoms with Crippen LogP contribution in [-0.2, 0) is 6.61 Å². The van der Waals surface area contributed by atoms with E-state index >= 15 is 0 Å². The van der Waals surface area contributed by atoms with Crippen molar-refractivity contribution in [1.82, 2.24) is 0 Å². The van der Waals surface area contributed by atoms with Gasteiger partial charge >= 0.3 is 5.69 Å². The molecule has 0 saturated heterocycles. The fraction of sp³-hybridized carbons (Fsp3) is 0.0769. The van der Waals surface area contributed by atoms with Crippen LogP contribution >= 0.6 is 27.5 Å². The summed E-state index contributed by atoms with van der Waals surface area (Å²) < 4.78 is 18.9. The minimum Gasteiger partial charge on any atom is -0.482 e. The van der Waals surface area contributed by atoms with Gasteiger partial charge < -0.3 is 4.74 Å². The molecule has 4 nitrogen and oxygen atoms in total. The number of halogens is 3. The van der Waals surface area contributed by atoms with Crippen molar-refractivity contribution in [1.29, 1.82) is 0 Å². The Kier molecular flexibility index (Phi) is 4.57. The van der Waals surface area contributed by atoms with Crippen LogP contribution < -0.4 is 4.74 Å². The van der Waals surface area contributed by atoms with E-state index in [4.69, 9.17) is 16.3 Å². The van der Waals surface area contributed by atoms with Crippen molar-refractivity contribution in [2.75, 3.05) is 0 Å². The smallest absolute Gasteiger partial charge is 0.311 e. The van der Waals surface area contributed by atoms with Gasteiger partial charge in [-0.1, -0.05) is 33.6 Å². The highest BCUT2D eigenvalue weighted by Crippen LogP contribution is 2.31. The summed E-state index contributed by atoms with van der Waals surface area (Å²) in [4.78, 5) is 10.3. The first-order chi connectivity index (χ1) is 9.47. The van der Waals surface area contributed by atoms with Crippen LogP contribution in [0.25, 0.3) is 0 Å². The standard InChI is InChI=1S/C13H8BrClFNO3/c14-11-6-10(16)3-1-8(11)7-20-13-5-9(15)2-4-12(13)17(18)19/h1-6H,7H2. The zero-order valence-electron chi connectivity index (χ0n) is 9.98. The highest BCUT2D eigenvalue weighted by atomic mass is 79.9. The van der Waals surface area contributed by atoms with E-state index in [9.17, 15) is 14.5 Å². The fourth-order valence-corrected chi connectivity index (χ4v) is 2.18. The molecular weight excluding hydrogens is 353 g/mol. The third-order valence-corrected chi connectivity index (χ3v) is 3.49. The van der Waals surface area contributed by atoms with E-state index in [1.807, 2.05) is 0 Å². The Hall–Kier alpha value is -1.66. The number of nitrogens with zero attached hydrogens (tertiary/aromatic N) is 1. The Balaban J connectivity index is 2.22. The maximum atomic E-state index is 13.0. The van der Waals surface area contributed by atoms with Crippen LogP contribution in [0, 0.1) is 15.9 Å². The molecule has 0 atom stereocenters. The predicted octanol–water partition coefficient (Wildman–Crippen LogP) is 4.73. The zero-order valence-corrected chi connectivity index (χ0v) is 12.3. The molecule has 0 N–H and O–H groups in total. The second-order valence-corrected chi connectivity index (χ2v) is 5.18. The largest absolute Gasteiger partial charge is 0.482 e. The first-order valence-corrected chi connectivity index (χ1v) is 6.65. The van der Waals surface area contributed by atoms with Gasteiger partial charge in [0.2, 0.25) is 0 Å². The summed E-state index contributed by atoms with van der Waals surface area (Å²) in [7, 11) is 0. The highest BCUT2D eigenvalue weighted by molar-refractivity contribution is 9.10. The third-order valence-electron chi connectivity index (χ3n) is 2.52. The quantitative estimate of drug-likeness (QED) is 0.585. The predicted molar refractivity (Wildman–Crippen MR) is 76.5 cm³/mol. The fourth-order valence-electron chi connectivity index (χ4n) is 1.55. The van der Waals surface area contributed by atoms with Crippen LogP contribution in [0.4, 0.5) is 10.1 Å². The lowest BCUT2D eigenvalue weighted by atomic mass is 10.2. The second kappa shape index (κ2) is 6.19. The van der Waals surface area contributed by atoms with E-state index < -0.39 is 4.92 Å². The number of rotatable bonds is 4. The van der Waals surface area contributed by atoms with Gasteiger partial charge in [0.15, 0.2) is 5.75 Å². The van der Waals surface area contributed by atoms with Crippen molar-refractivity contribution < 1.29 is 14.1 Å². The lowest BCUT2D eigenvalue weighted by Crippen LogP contribution is -2.00. The van der Waals surface area contributed by atoms with Crippen LogP contribution in [0.5, 0.6) is 5.75 Å². The molecule has 0 radical (unpaired) electrons. The van der Waals surface area contributed by atoms with Gasteiger partial charge in [-0.25, -0.2) is 4.39 Å². The summed E-state index contributed by atoms with van der Waals surface area (Å²) in [6.45, 7) is 0.0576. The average Bonchev–Trinajstić information content (AvgIpc) is 2.37. The lowest BCUT2D eigenvalue weighted by molar-refractivity contribution is -0.385. The van der Waals surface area contributed by atoms with E-state index in [0.29, 0.717) is 15.1 Å².